The molecule has 4 nitrogen and oxygen atoms in total. The Bertz CT molecular complexity index is 1250. The molecule has 0 amide bonds. The van der Waals surface area contributed by atoms with E-state index in [1.165, 1.54) is 249 Å². The van der Waals surface area contributed by atoms with Gasteiger partial charge in [-0.05, 0) is 91.7 Å². The van der Waals surface area contributed by atoms with E-state index in [0.717, 1.165) is 49.4 Å². The molecule has 0 spiro atoms. The number of unbranched alkanes of at least 4 members (excludes halogenated alkanes) is 36. The monoisotopic (exact) mass is 967 g/mol. The normalized spacial score (nSPS) is 11.5. The molecule has 2 aromatic carbocycles. The Morgan fingerprint density at radius 1 is 0.373 bits per heavy atom. The maximum absolute atomic E-state index is 12.1. The van der Waals surface area contributed by atoms with Gasteiger partial charge in [0.2, 0.25) is 0 Å². The molecule has 0 aliphatic rings. The van der Waals surface area contributed by atoms with E-state index >= 15 is 0 Å². The topological polar surface area (TPSA) is 44.8 Å². The highest BCUT2D eigenvalue weighted by Crippen LogP contribution is 2.52. The second-order valence-corrected chi connectivity index (χ2v) is 23.2. The van der Waals surface area contributed by atoms with Crippen molar-refractivity contribution in [3.8, 4) is 11.5 Å². The molecule has 386 valence electrons. The molecule has 0 aliphatic carbocycles. The van der Waals surface area contributed by atoms with Crippen LogP contribution in [0.4, 0.5) is 0 Å². The number of rotatable bonds is 51. The van der Waals surface area contributed by atoms with E-state index in [1.807, 2.05) is 11.4 Å². The number of aryl methyl sites for hydroxylation is 2. The molecule has 0 aromatic heterocycles. The van der Waals surface area contributed by atoms with Crippen LogP contribution in [0, 0.1) is 0 Å². The molecule has 0 aliphatic heterocycles. The molecule has 0 N–H and O–H groups in total. The van der Waals surface area contributed by atoms with E-state index in [9.17, 15) is 4.79 Å². The van der Waals surface area contributed by atoms with Crippen molar-refractivity contribution in [3.63, 3.8) is 0 Å². The van der Waals surface area contributed by atoms with E-state index in [2.05, 4.69) is 69.3 Å². The minimum atomic E-state index is -1.15. The molecule has 0 unspecified atom stereocenters. The van der Waals surface area contributed by atoms with E-state index in [4.69, 9.17) is 13.8 Å². The summed E-state index contributed by atoms with van der Waals surface area (Å²) in [7, 11) is -1.15. The first-order valence-corrected chi connectivity index (χ1v) is 32.0. The number of carbonyl (C=O) groups is 1. The van der Waals surface area contributed by atoms with Crippen LogP contribution in [0.2, 0.25) is 0 Å². The third-order valence-electron chi connectivity index (χ3n) is 13.6. The fraction of sp³-hybridized carbons (Fsp3) is 0.787. The Labute approximate surface area is 421 Å². The van der Waals surface area contributed by atoms with E-state index in [1.54, 1.807) is 0 Å². The lowest BCUT2D eigenvalue weighted by Gasteiger charge is -2.18. The van der Waals surface area contributed by atoms with Gasteiger partial charge in [-0.1, -0.05) is 270 Å². The summed E-state index contributed by atoms with van der Waals surface area (Å²) in [5.74, 6) is 2.90. The molecule has 0 heterocycles. The summed E-state index contributed by atoms with van der Waals surface area (Å²) in [6, 6.07) is 17.7. The first-order valence-electron chi connectivity index (χ1n) is 29.3. The summed E-state index contributed by atoms with van der Waals surface area (Å²) >= 11 is 1.86. The van der Waals surface area contributed by atoms with Gasteiger partial charge in [-0.25, -0.2) is 0 Å². The van der Waals surface area contributed by atoms with Crippen LogP contribution >= 0.6 is 19.0 Å². The van der Waals surface area contributed by atoms with Crippen molar-refractivity contribution in [2.75, 3.05) is 12.4 Å². The van der Waals surface area contributed by atoms with Crippen molar-refractivity contribution in [1.82, 2.24) is 0 Å². The van der Waals surface area contributed by atoms with Crippen molar-refractivity contribution in [2.24, 2.45) is 0 Å². The second-order valence-electron chi connectivity index (χ2n) is 20.1. The van der Waals surface area contributed by atoms with Crippen LogP contribution in [0.3, 0.4) is 0 Å². The number of carbonyl (C=O) groups excluding carboxylic acids is 1. The highest BCUT2D eigenvalue weighted by Gasteiger charge is 2.17. The molecule has 0 bridgehead atoms. The van der Waals surface area contributed by atoms with Gasteiger partial charge in [-0.15, -0.1) is 0 Å². The average molecular weight is 968 g/mol. The number of esters is 1. The standard InChI is InChI=1S/C61H107O4PS/c1-4-7-10-13-16-19-24-29-34-39-44-57-47-51-59(52-48-57)64-66(65-60-53-49-58(50-54-60)45-40-35-30-25-20-17-14-11-8-5-2)67-56-43-38-33-28-23-22-26-31-36-41-46-61(62)63-55-42-37-32-27-21-18-15-12-9-6-3/h47-54H,4-46,55-56H2,1-3H3. The molecule has 0 saturated heterocycles. The molecule has 2 rings (SSSR count). The molecule has 0 radical (unpaired) electrons. The molecule has 0 saturated carbocycles. The number of hydrogen-bond acceptors (Lipinski definition) is 5. The Hall–Kier alpha value is -1.71. The number of ether oxygens (including phenoxy) is 1. The maximum atomic E-state index is 12.1. The fourth-order valence-corrected chi connectivity index (χ4v) is 12.0. The maximum Gasteiger partial charge on any atom is 0.360 e. The van der Waals surface area contributed by atoms with Gasteiger partial charge in [0.25, 0.3) is 0 Å². The predicted octanol–water partition coefficient (Wildman–Crippen LogP) is 21.8. The van der Waals surface area contributed by atoms with Crippen molar-refractivity contribution in [1.29, 1.82) is 0 Å². The van der Waals surface area contributed by atoms with E-state index < -0.39 is 7.58 Å². The largest absolute Gasteiger partial charge is 0.466 e. The van der Waals surface area contributed by atoms with Crippen LogP contribution in [-0.2, 0) is 22.4 Å². The summed E-state index contributed by atoms with van der Waals surface area (Å²) in [6.45, 7) is 7.48. The van der Waals surface area contributed by atoms with Crippen LogP contribution in [-0.4, -0.2) is 18.3 Å². The minimum Gasteiger partial charge on any atom is -0.466 e. The smallest absolute Gasteiger partial charge is 0.360 e. The number of hydrogen-bond donors (Lipinski definition) is 0. The highest BCUT2D eigenvalue weighted by atomic mass is 32.7. The van der Waals surface area contributed by atoms with Gasteiger partial charge in [0.1, 0.15) is 11.5 Å². The molecule has 67 heavy (non-hydrogen) atoms. The fourth-order valence-electron chi connectivity index (χ4n) is 9.08. The lowest BCUT2D eigenvalue weighted by molar-refractivity contribution is -0.143. The Balaban J connectivity index is 1.62. The summed E-state index contributed by atoms with van der Waals surface area (Å²) in [4.78, 5) is 12.1. The van der Waals surface area contributed by atoms with E-state index in [-0.39, 0.29) is 5.97 Å². The third-order valence-corrected chi connectivity index (χ3v) is 16.6. The Morgan fingerprint density at radius 3 is 1.03 bits per heavy atom. The SMILES string of the molecule is CCCCCCCCCCCCOC(=O)CCCCCCCCCCCCSP(Oc1ccc(CCCCCCCCCCCC)cc1)Oc1ccc(CCCCCCCCCCCC)cc1. The Kier molecular flexibility index (Phi) is 43.9. The van der Waals surface area contributed by atoms with Gasteiger partial charge in [-0.2, -0.15) is 0 Å². The van der Waals surface area contributed by atoms with Crippen molar-refractivity contribution in [2.45, 2.75) is 297 Å². The quantitative estimate of drug-likeness (QED) is 0.0376. The lowest BCUT2D eigenvalue weighted by atomic mass is 10.0. The van der Waals surface area contributed by atoms with Gasteiger partial charge in [0.05, 0.1) is 6.61 Å². The summed E-state index contributed by atoms with van der Waals surface area (Å²) in [5.41, 5.74) is 2.82. The predicted molar refractivity (Wildman–Crippen MR) is 298 cm³/mol. The van der Waals surface area contributed by atoms with Crippen molar-refractivity contribution < 1.29 is 18.6 Å². The van der Waals surface area contributed by atoms with Gasteiger partial charge in [0, 0.05) is 12.2 Å². The molecular weight excluding hydrogens is 860 g/mol. The summed E-state index contributed by atoms with van der Waals surface area (Å²) in [6.07, 6.45) is 55.8. The van der Waals surface area contributed by atoms with Gasteiger partial charge in [0.15, 0.2) is 0 Å². The lowest BCUT2D eigenvalue weighted by Crippen LogP contribution is -2.05. The zero-order valence-electron chi connectivity index (χ0n) is 44.4. The molecule has 6 heteroatoms. The average Bonchev–Trinajstić information content (AvgIpc) is 3.34. The van der Waals surface area contributed by atoms with Crippen molar-refractivity contribution >= 4 is 24.9 Å². The summed E-state index contributed by atoms with van der Waals surface area (Å²) in [5, 5.41) is 0. The van der Waals surface area contributed by atoms with Crippen LogP contribution in [0.5, 0.6) is 11.5 Å². The third kappa shape index (κ3) is 39.7. The zero-order chi connectivity index (χ0) is 47.8. The van der Waals surface area contributed by atoms with Crippen LogP contribution in [0.15, 0.2) is 48.5 Å². The zero-order valence-corrected chi connectivity index (χ0v) is 46.1. The molecule has 0 atom stereocenters. The summed E-state index contributed by atoms with van der Waals surface area (Å²) < 4.78 is 18.7. The highest BCUT2D eigenvalue weighted by molar-refractivity contribution is 8.53. The van der Waals surface area contributed by atoms with Gasteiger partial charge in [-0.3, -0.25) is 4.79 Å². The molecule has 2 aromatic rings. The first-order chi connectivity index (χ1) is 33.1. The van der Waals surface area contributed by atoms with Crippen LogP contribution in [0.25, 0.3) is 0 Å². The van der Waals surface area contributed by atoms with Crippen LogP contribution < -0.4 is 9.05 Å². The molecule has 0 fully saturated rings. The van der Waals surface area contributed by atoms with Crippen LogP contribution in [0.1, 0.15) is 295 Å². The number of benzene rings is 2. The molecular formula is C61H107O4PS. The minimum absolute atomic E-state index is 0.00661. The van der Waals surface area contributed by atoms with Gasteiger partial charge < -0.3 is 13.8 Å². The van der Waals surface area contributed by atoms with Crippen molar-refractivity contribution in [3.05, 3.63) is 59.7 Å². The second kappa shape index (κ2) is 47.9. The first kappa shape index (κ1) is 61.4. The van der Waals surface area contributed by atoms with Gasteiger partial charge >= 0.3 is 13.5 Å². The van der Waals surface area contributed by atoms with E-state index in [0.29, 0.717) is 13.0 Å². The Morgan fingerprint density at radius 2 is 0.672 bits per heavy atom.